The molecule has 0 saturated heterocycles. The highest BCUT2D eigenvalue weighted by atomic mass is 16.4. The van der Waals surface area contributed by atoms with Crippen molar-refractivity contribution in [1.29, 1.82) is 0 Å². The van der Waals surface area contributed by atoms with E-state index in [1.165, 1.54) is 0 Å². The highest BCUT2D eigenvalue weighted by Crippen LogP contribution is 2.10. The van der Waals surface area contributed by atoms with E-state index in [-0.39, 0.29) is 24.2 Å². The van der Waals surface area contributed by atoms with Crippen LogP contribution in [0.4, 0.5) is 0 Å². The molecule has 10 heteroatoms. The SMILES string of the molecule is CCC(C)C(N)C(=O)NC(CCCCN)C(=O)NC(C(=O)NC(CC(C)C)C(=O)O)C(C)C. The van der Waals surface area contributed by atoms with Gasteiger partial charge >= 0.3 is 5.97 Å². The molecule has 10 nitrogen and oxygen atoms in total. The van der Waals surface area contributed by atoms with Crippen molar-refractivity contribution >= 4 is 23.7 Å². The summed E-state index contributed by atoms with van der Waals surface area (Å²) in [4.78, 5) is 50.0. The molecule has 0 spiro atoms. The van der Waals surface area contributed by atoms with Crippen LogP contribution in [0.1, 0.15) is 73.6 Å². The number of carbonyl (C=O) groups is 4. The highest BCUT2D eigenvalue weighted by molar-refractivity contribution is 5.94. The third-order valence-corrected chi connectivity index (χ3v) is 5.71. The molecule has 0 radical (unpaired) electrons. The van der Waals surface area contributed by atoms with Gasteiger partial charge in [0.25, 0.3) is 0 Å². The van der Waals surface area contributed by atoms with E-state index in [1.54, 1.807) is 13.8 Å². The smallest absolute Gasteiger partial charge is 0.326 e. The topological polar surface area (TPSA) is 177 Å². The summed E-state index contributed by atoms with van der Waals surface area (Å²) in [5.74, 6) is -2.93. The predicted molar refractivity (Wildman–Crippen MR) is 128 cm³/mol. The normalized spacial score (nSPS) is 15.9. The third-order valence-electron chi connectivity index (χ3n) is 5.71. The first-order valence-corrected chi connectivity index (χ1v) is 11.9. The second kappa shape index (κ2) is 15.6. The monoisotopic (exact) mass is 471 g/mol. The van der Waals surface area contributed by atoms with Gasteiger partial charge in [-0.25, -0.2) is 4.79 Å². The van der Waals surface area contributed by atoms with E-state index in [0.717, 1.165) is 6.42 Å². The molecule has 3 amide bonds. The number of carboxylic acid groups (broad SMARTS) is 1. The van der Waals surface area contributed by atoms with E-state index in [0.29, 0.717) is 25.8 Å². The summed E-state index contributed by atoms with van der Waals surface area (Å²) in [6, 6.07) is -3.64. The molecule has 5 unspecified atom stereocenters. The molecule has 192 valence electrons. The summed E-state index contributed by atoms with van der Waals surface area (Å²) >= 11 is 0. The molecule has 0 aromatic heterocycles. The largest absolute Gasteiger partial charge is 0.480 e. The summed E-state index contributed by atoms with van der Waals surface area (Å²) in [7, 11) is 0. The summed E-state index contributed by atoms with van der Waals surface area (Å²) in [6.07, 6.45) is 2.63. The van der Waals surface area contributed by atoms with Crippen molar-refractivity contribution < 1.29 is 24.3 Å². The fourth-order valence-electron chi connectivity index (χ4n) is 3.29. The molecule has 0 aromatic rings. The van der Waals surface area contributed by atoms with Crippen LogP contribution in [-0.4, -0.2) is 59.5 Å². The number of hydrogen-bond donors (Lipinski definition) is 6. The van der Waals surface area contributed by atoms with Crippen LogP contribution >= 0.6 is 0 Å². The Hall–Kier alpha value is -2.20. The number of aliphatic carboxylic acids is 1. The van der Waals surface area contributed by atoms with Gasteiger partial charge in [0, 0.05) is 0 Å². The van der Waals surface area contributed by atoms with Crippen LogP contribution in [0.2, 0.25) is 0 Å². The minimum Gasteiger partial charge on any atom is -0.480 e. The van der Waals surface area contributed by atoms with Crippen molar-refractivity contribution in [2.75, 3.05) is 6.54 Å². The van der Waals surface area contributed by atoms with Gasteiger partial charge in [-0.3, -0.25) is 14.4 Å². The fraction of sp³-hybridized carbons (Fsp3) is 0.826. The zero-order valence-electron chi connectivity index (χ0n) is 21.0. The third kappa shape index (κ3) is 11.5. The van der Waals surface area contributed by atoms with Gasteiger partial charge in [0.05, 0.1) is 6.04 Å². The Bertz CT molecular complexity index is 641. The molecule has 0 bridgehead atoms. The molecule has 0 aliphatic carbocycles. The number of rotatable bonds is 16. The minimum absolute atomic E-state index is 0.0548. The summed E-state index contributed by atoms with van der Waals surface area (Å²) in [5.41, 5.74) is 11.6. The van der Waals surface area contributed by atoms with Gasteiger partial charge in [-0.15, -0.1) is 0 Å². The molecule has 0 fully saturated rings. The molecule has 0 saturated carbocycles. The average Bonchev–Trinajstić information content (AvgIpc) is 2.74. The van der Waals surface area contributed by atoms with Crippen LogP contribution in [0.25, 0.3) is 0 Å². The molecule has 0 rings (SSSR count). The first-order chi connectivity index (χ1) is 15.3. The summed E-state index contributed by atoms with van der Waals surface area (Å²) in [6.45, 7) is 11.5. The first-order valence-electron chi connectivity index (χ1n) is 11.9. The van der Waals surface area contributed by atoms with E-state index in [1.807, 2.05) is 27.7 Å². The van der Waals surface area contributed by atoms with Crippen LogP contribution in [0.5, 0.6) is 0 Å². The Kier molecular flexibility index (Phi) is 14.6. The van der Waals surface area contributed by atoms with Crippen molar-refractivity contribution in [2.45, 2.75) is 97.8 Å². The first kappa shape index (κ1) is 30.8. The van der Waals surface area contributed by atoms with Crippen molar-refractivity contribution in [2.24, 2.45) is 29.2 Å². The maximum atomic E-state index is 13.1. The summed E-state index contributed by atoms with van der Waals surface area (Å²) in [5, 5.41) is 17.4. The maximum Gasteiger partial charge on any atom is 0.326 e. The number of hydrogen-bond acceptors (Lipinski definition) is 6. The predicted octanol–water partition coefficient (Wildman–Crippen LogP) is 0.730. The van der Waals surface area contributed by atoms with Gasteiger partial charge in [-0.2, -0.15) is 0 Å². The van der Waals surface area contributed by atoms with Gasteiger partial charge in [0.2, 0.25) is 17.7 Å². The second-order valence-electron chi connectivity index (χ2n) is 9.52. The molecule has 5 atom stereocenters. The zero-order valence-corrected chi connectivity index (χ0v) is 21.0. The van der Waals surface area contributed by atoms with E-state index >= 15 is 0 Å². The Balaban J connectivity index is 5.46. The van der Waals surface area contributed by atoms with Crippen LogP contribution in [0, 0.1) is 17.8 Å². The number of nitrogens with one attached hydrogen (secondary N) is 3. The number of nitrogens with two attached hydrogens (primary N) is 2. The molecule has 0 aromatic carbocycles. The number of carboxylic acids is 1. The van der Waals surface area contributed by atoms with Gasteiger partial charge in [-0.1, -0.05) is 48.0 Å². The average molecular weight is 472 g/mol. The Morgan fingerprint density at radius 3 is 1.88 bits per heavy atom. The lowest BCUT2D eigenvalue weighted by Gasteiger charge is -2.28. The fourth-order valence-corrected chi connectivity index (χ4v) is 3.29. The van der Waals surface area contributed by atoms with Crippen molar-refractivity contribution in [3.63, 3.8) is 0 Å². The number of carbonyl (C=O) groups excluding carboxylic acids is 3. The minimum atomic E-state index is -1.13. The van der Waals surface area contributed by atoms with E-state index in [9.17, 15) is 24.3 Å². The molecule has 8 N–H and O–H groups in total. The lowest BCUT2D eigenvalue weighted by molar-refractivity contribution is -0.143. The quantitative estimate of drug-likeness (QED) is 0.180. The molecular formula is C23H45N5O5. The van der Waals surface area contributed by atoms with Gasteiger partial charge in [0.1, 0.15) is 18.1 Å². The van der Waals surface area contributed by atoms with Gasteiger partial charge in [0.15, 0.2) is 0 Å². The Labute approximate surface area is 198 Å². The molecular weight excluding hydrogens is 426 g/mol. The molecule has 0 heterocycles. The molecule has 33 heavy (non-hydrogen) atoms. The summed E-state index contributed by atoms with van der Waals surface area (Å²) < 4.78 is 0. The molecule has 0 aliphatic heterocycles. The van der Waals surface area contributed by atoms with Crippen molar-refractivity contribution in [3.8, 4) is 0 Å². The van der Waals surface area contributed by atoms with E-state index in [2.05, 4.69) is 16.0 Å². The number of amides is 3. The molecule has 0 aliphatic rings. The second-order valence-corrected chi connectivity index (χ2v) is 9.52. The van der Waals surface area contributed by atoms with Gasteiger partial charge in [-0.05, 0) is 50.0 Å². The van der Waals surface area contributed by atoms with E-state index < -0.39 is 47.9 Å². The Morgan fingerprint density at radius 1 is 0.848 bits per heavy atom. The van der Waals surface area contributed by atoms with Crippen molar-refractivity contribution in [3.05, 3.63) is 0 Å². The van der Waals surface area contributed by atoms with E-state index in [4.69, 9.17) is 11.5 Å². The lowest BCUT2D eigenvalue weighted by Crippen LogP contribution is -2.58. The highest BCUT2D eigenvalue weighted by Gasteiger charge is 2.32. The van der Waals surface area contributed by atoms with Crippen molar-refractivity contribution in [1.82, 2.24) is 16.0 Å². The Morgan fingerprint density at radius 2 is 1.42 bits per heavy atom. The van der Waals surface area contributed by atoms with Gasteiger partial charge < -0.3 is 32.5 Å². The van der Waals surface area contributed by atoms with Crippen LogP contribution in [0.3, 0.4) is 0 Å². The lowest BCUT2D eigenvalue weighted by atomic mass is 9.98. The standard InChI is InChI=1S/C23H45N5O5/c1-7-15(6)18(25)21(30)26-16(10-8-9-11-24)20(29)28-19(14(4)5)22(31)27-17(23(32)33)12-13(2)3/h13-19H,7-12,24-25H2,1-6H3,(H,26,30)(H,27,31)(H,28,29)(H,32,33). The van der Waals surface area contributed by atoms with Crippen LogP contribution < -0.4 is 27.4 Å². The maximum absolute atomic E-state index is 13.1. The van der Waals surface area contributed by atoms with Crippen LogP contribution in [-0.2, 0) is 19.2 Å². The zero-order chi connectivity index (χ0) is 25.7. The number of unbranched alkanes of at least 4 members (excludes halogenated alkanes) is 1. The van der Waals surface area contributed by atoms with Crippen LogP contribution in [0.15, 0.2) is 0 Å².